The van der Waals surface area contributed by atoms with Gasteiger partial charge in [0, 0.05) is 42.8 Å². The minimum absolute atomic E-state index is 0.0757. The van der Waals surface area contributed by atoms with Crippen LogP contribution in [-0.4, -0.2) is 119 Å². The number of aliphatic hydroxyl groups is 1. The average molecular weight is 750 g/mol. The Kier molecular flexibility index (Phi) is 8.69. The smallest absolute Gasteiger partial charge is 0.348 e. The van der Waals surface area contributed by atoms with E-state index in [0.717, 1.165) is 31.2 Å². The molecule has 5 heterocycles. The Labute approximate surface area is 312 Å². The molecule has 8 atom stereocenters. The molecule has 1 aromatic rings. The van der Waals surface area contributed by atoms with Gasteiger partial charge < -0.3 is 39.0 Å². The number of carbonyl (C=O) groups is 5. The highest BCUT2D eigenvalue weighted by molar-refractivity contribution is 5.96. The van der Waals surface area contributed by atoms with Crippen LogP contribution in [0.25, 0.3) is 6.08 Å². The first-order valence-corrected chi connectivity index (χ1v) is 19.3. The van der Waals surface area contributed by atoms with Crippen LogP contribution in [0.3, 0.4) is 0 Å². The number of likely N-dealkylation sites (tertiary alicyclic amines) is 1. The minimum Gasteiger partial charge on any atom is -0.462 e. The summed E-state index contributed by atoms with van der Waals surface area (Å²) in [6.07, 6.45) is 4.25. The van der Waals surface area contributed by atoms with Crippen molar-refractivity contribution in [2.24, 2.45) is 22.7 Å². The van der Waals surface area contributed by atoms with Crippen molar-refractivity contribution in [3.63, 3.8) is 0 Å². The van der Waals surface area contributed by atoms with Gasteiger partial charge in [0.1, 0.15) is 42.5 Å². The maximum Gasteiger partial charge on any atom is 0.348 e. The second kappa shape index (κ2) is 13.1. The summed E-state index contributed by atoms with van der Waals surface area (Å²) in [5.74, 6) is -2.78. The lowest BCUT2D eigenvalue weighted by molar-refractivity contribution is -0.235. The number of rotatable bonds is 11. The number of aliphatic hydroxyl groups excluding tert-OH is 1. The Bertz CT molecular complexity index is 1740. The predicted molar refractivity (Wildman–Crippen MR) is 184 cm³/mol. The van der Waals surface area contributed by atoms with E-state index in [1.807, 2.05) is 12.1 Å². The van der Waals surface area contributed by atoms with Gasteiger partial charge in [0.2, 0.25) is 17.9 Å². The van der Waals surface area contributed by atoms with Crippen molar-refractivity contribution in [3.05, 3.63) is 41.5 Å². The van der Waals surface area contributed by atoms with Crippen LogP contribution >= 0.6 is 0 Å². The van der Waals surface area contributed by atoms with E-state index in [-0.39, 0.29) is 56.4 Å². The summed E-state index contributed by atoms with van der Waals surface area (Å²) in [6, 6.07) is 5.43. The van der Waals surface area contributed by atoms with Gasteiger partial charge in [-0.1, -0.05) is 38.1 Å². The zero-order valence-electron chi connectivity index (χ0n) is 30.5. The third kappa shape index (κ3) is 5.76. The molecule has 290 valence electrons. The first-order chi connectivity index (χ1) is 25.9. The molecule has 8 aliphatic rings. The van der Waals surface area contributed by atoms with E-state index in [9.17, 15) is 24.3 Å². The number of fused-ring (bicyclic) bond motifs is 4. The fourth-order valence-electron chi connectivity index (χ4n) is 9.66. The molecule has 9 rings (SSSR count). The Balaban J connectivity index is 0.984. The first-order valence-electron chi connectivity index (χ1n) is 19.3. The molecule has 54 heavy (non-hydrogen) atoms. The summed E-state index contributed by atoms with van der Waals surface area (Å²) in [5.41, 5.74) is -0.542. The first kappa shape index (κ1) is 35.8. The summed E-state index contributed by atoms with van der Waals surface area (Å²) < 4.78 is 30.4. The normalized spacial score (nSPS) is 36.2. The number of benzene rings is 1. The van der Waals surface area contributed by atoms with Gasteiger partial charge in [0.25, 0.3) is 0 Å². The Hall–Kier alpha value is -3.89. The Morgan fingerprint density at radius 2 is 1.72 bits per heavy atom. The second-order valence-electron chi connectivity index (χ2n) is 16.8. The maximum absolute atomic E-state index is 15.1. The number of hydrogen-bond acceptors (Lipinski definition) is 13. The van der Waals surface area contributed by atoms with Gasteiger partial charge in [0.05, 0.1) is 13.2 Å². The van der Waals surface area contributed by atoms with E-state index < -0.39 is 77.1 Å². The topological polar surface area (TPSA) is 179 Å². The molecule has 8 unspecified atom stereocenters. The van der Waals surface area contributed by atoms with Gasteiger partial charge in [-0.2, -0.15) is 5.06 Å². The standard InChI is InChI=1S/C39H47N3O12/c1-37(2)20-49-35(47)32(37)51-27(44)14-9-21-5-7-22(8-6-21)19-42-30-34(46)50-26-18-38(30,36(48)41-16-3-4-25(41)33(45)40-15-17-43)31(54-42)29-28(26)52-39(53-29,23-10-11-23)24-12-13-24/h5-9,14,23-26,28-32,43H,3-4,10-13,15-20H2,1-2H3,(H,40,45). The molecule has 0 aromatic heterocycles. The van der Waals surface area contributed by atoms with Crippen LogP contribution in [0.5, 0.6) is 0 Å². The van der Waals surface area contributed by atoms with E-state index in [2.05, 4.69) is 5.32 Å². The lowest BCUT2D eigenvalue weighted by atomic mass is 9.62. The molecule has 2 amide bonds. The second-order valence-corrected chi connectivity index (χ2v) is 16.8. The van der Waals surface area contributed by atoms with Crippen molar-refractivity contribution in [2.75, 3.05) is 26.3 Å². The van der Waals surface area contributed by atoms with Gasteiger partial charge in [-0.3, -0.25) is 19.2 Å². The molecule has 8 fully saturated rings. The van der Waals surface area contributed by atoms with Crippen LogP contribution in [0.15, 0.2) is 30.3 Å². The third-order valence-corrected chi connectivity index (χ3v) is 12.6. The number of ether oxygens (including phenoxy) is 5. The number of hydroxylamine groups is 2. The summed E-state index contributed by atoms with van der Waals surface area (Å²) in [4.78, 5) is 75.5. The molecule has 1 aromatic carbocycles. The number of esters is 3. The van der Waals surface area contributed by atoms with Crippen molar-refractivity contribution < 1.29 is 57.6 Å². The molecule has 2 bridgehead atoms. The Morgan fingerprint density at radius 3 is 2.39 bits per heavy atom. The largest absolute Gasteiger partial charge is 0.462 e. The van der Waals surface area contributed by atoms with Crippen LogP contribution in [0.4, 0.5) is 0 Å². The number of nitrogens with one attached hydrogen (secondary N) is 1. The molecule has 3 saturated carbocycles. The summed E-state index contributed by atoms with van der Waals surface area (Å²) >= 11 is 0. The highest BCUT2D eigenvalue weighted by atomic mass is 16.8. The van der Waals surface area contributed by atoms with Crippen molar-refractivity contribution in [1.82, 2.24) is 15.3 Å². The van der Waals surface area contributed by atoms with Crippen LogP contribution in [0, 0.1) is 22.7 Å². The number of cyclic esters (lactones) is 1. The third-order valence-electron chi connectivity index (χ3n) is 12.6. The van der Waals surface area contributed by atoms with Gasteiger partial charge in [-0.25, -0.2) is 9.59 Å². The quantitative estimate of drug-likeness (QED) is 0.189. The molecule has 15 heteroatoms. The van der Waals surface area contributed by atoms with E-state index >= 15 is 4.79 Å². The number of nitrogens with zero attached hydrogens (tertiary/aromatic N) is 2. The molecule has 5 saturated heterocycles. The van der Waals surface area contributed by atoms with Gasteiger partial charge in [-0.05, 0) is 55.7 Å². The molecular weight excluding hydrogens is 702 g/mol. The lowest BCUT2D eigenvalue weighted by Gasteiger charge is -2.50. The molecular formula is C39H47N3O12. The van der Waals surface area contributed by atoms with E-state index in [0.29, 0.717) is 24.9 Å². The monoisotopic (exact) mass is 749 g/mol. The van der Waals surface area contributed by atoms with Crippen molar-refractivity contribution in [1.29, 1.82) is 0 Å². The zero-order valence-corrected chi connectivity index (χ0v) is 30.5. The highest BCUT2D eigenvalue weighted by Gasteiger charge is 2.78. The molecule has 2 N–H and O–H groups in total. The van der Waals surface area contributed by atoms with Crippen molar-refractivity contribution in [2.45, 2.75) is 114 Å². The summed E-state index contributed by atoms with van der Waals surface area (Å²) in [7, 11) is 0. The zero-order chi connectivity index (χ0) is 37.6. The van der Waals surface area contributed by atoms with Gasteiger partial charge in [-0.15, -0.1) is 0 Å². The van der Waals surface area contributed by atoms with Crippen molar-refractivity contribution >= 4 is 35.8 Å². The van der Waals surface area contributed by atoms with Gasteiger partial charge in [0.15, 0.2) is 11.8 Å². The molecule has 5 aliphatic heterocycles. The fourth-order valence-corrected chi connectivity index (χ4v) is 9.66. The molecule has 3 aliphatic carbocycles. The average Bonchev–Trinajstić information content (AvgIpc) is 4.06. The number of carbonyl (C=O) groups excluding carboxylic acids is 5. The highest BCUT2D eigenvalue weighted by Crippen LogP contribution is 2.64. The van der Waals surface area contributed by atoms with E-state index in [4.69, 9.17) is 28.5 Å². The fraction of sp³-hybridized carbons (Fsp3) is 0.667. The Morgan fingerprint density at radius 1 is 1.00 bits per heavy atom. The van der Waals surface area contributed by atoms with E-state index in [1.54, 1.807) is 42.0 Å². The lowest BCUT2D eigenvalue weighted by Crippen LogP contribution is -2.70. The predicted octanol–water partition coefficient (Wildman–Crippen LogP) is 1.39. The van der Waals surface area contributed by atoms with Gasteiger partial charge >= 0.3 is 17.9 Å². The van der Waals surface area contributed by atoms with Crippen LogP contribution in [0.2, 0.25) is 0 Å². The summed E-state index contributed by atoms with van der Waals surface area (Å²) in [5, 5.41) is 13.6. The van der Waals surface area contributed by atoms with Crippen LogP contribution in [-0.2, 0) is 59.0 Å². The molecule has 0 radical (unpaired) electrons. The molecule has 15 nitrogen and oxygen atoms in total. The van der Waals surface area contributed by atoms with Crippen LogP contribution < -0.4 is 5.32 Å². The molecule has 0 spiro atoms. The minimum atomic E-state index is -1.39. The van der Waals surface area contributed by atoms with Crippen molar-refractivity contribution in [3.8, 4) is 0 Å². The van der Waals surface area contributed by atoms with Crippen LogP contribution in [0.1, 0.15) is 69.9 Å². The number of hydrogen-bond donors (Lipinski definition) is 2. The maximum atomic E-state index is 15.1. The summed E-state index contributed by atoms with van der Waals surface area (Å²) in [6.45, 7) is 4.11. The SMILES string of the molecule is CC1(C)COC(=O)C1OC(=O)C=Cc1ccc(CN2OC3C4OC(C5CC5)(C5CC5)OC4C4CC3(C(=O)N3CCCC3C(=O)NCCO)C2C(=O)O4)cc1. The number of amides is 2. The van der Waals surface area contributed by atoms with E-state index in [1.165, 1.54) is 6.08 Å².